The van der Waals surface area contributed by atoms with Gasteiger partial charge in [-0.05, 0) is 190 Å². The summed E-state index contributed by atoms with van der Waals surface area (Å²) in [6.07, 6.45) is 2.26. The van der Waals surface area contributed by atoms with Crippen LogP contribution in [0.3, 0.4) is 0 Å². The molecule has 10 aromatic carbocycles. The summed E-state index contributed by atoms with van der Waals surface area (Å²) in [5.74, 6) is 0. The summed E-state index contributed by atoms with van der Waals surface area (Å²) < 4.78 is 0. The second kappa shape index (κ2) is 20.3. The summed E-state index contributed by atoms with van der Waals surface area (Å²) in [6.45, 7) is 33.7. The van der Waals surface area contributed by atoms with E-state index in [1.165, 1.54) is 123 Å². The smallest absolute Gasteiger partial charge is 0.252 e. The third-order valence-electron chi connectivity index (χ3n) is 20.0. The van der Waals surface area contributed by atoms with Crippen molar-refractivity contribution in [2.45, 2.75) is 142 Å². The maximum Gasteiger partial charge on any atom is 0.252 e. The molecule has 10 aromatic rings. The molecule has 2 heterocycles. The average molecular weight is 1110 g/mol. The van der Waals surface area contributed by atoms with Crippen LogP contribution in [0.15, 0.2) is 224 Å². The zero-order valence-corrected chi connectivity index (χ0v) is 52.7. The minimum atomic E-state index is -0.271. The van der Waals surface area contributed by atoms with Gasteiger partial charge in [-0.1, -0.05) is 255 Å². The summed E-state index contributed by atoms with van der Waals surface area (Å²) in [4.78, 5) is 5.37. The lowest BCUT2D eigenvalue weighted by molar-refractivity contribution is 0.332. The van der Waals surface area contributed by atoms with E-state index in [0.717, 1.165) is 18.5 Å². The molecule has 3 heteroatoms. The van der Waals surface area contributed by atoms with E-state index in [-0.39, 0.29) is 39.2 Å². The van der Waals surface area contributed by atoms with E-state index in [1.807, 2.05) is 0 Å². The molecule has 0 amide bonds. The van der Waals surface area contributed by atoms with Crippen molar-refractivity contribution in [2.24, 2.45) is 0 Å². The van der Waals surface area contributed by atoms with Crippen molar-refractivity contribution in [2.75, 3.05) is 9.80 Å². The van der Waals surface area contributed by atoms with Crippen LogP contribution in [0.4, 0.5) is 34.1 Å². The highest BCUT2D eigenvalue weighted by molar-refractivity contribution is 7.00. The third-order valence-corrected chi connectivity index (χ3v) is 20.0. The maximum absolute atomic E-state index is 2.74. The predicted molar refractivity (Wildman–Crippen MR) is 367 cm³/mol. The number of rotatable bonds is 9. The minimum Gasteiger partial charge on any atom is -0.311 e. The molecule has 3 aliphatic rings. The summed E-state index contributed by atoms with van der Waals surface area (Å²) in [5.41, 5.74) is 28.5. The molecule has 0 aromatic heterocycles. The van der Waals surface area contributed by atoms with Gasteiger partial charge in [-0.2, -0.15) is 0 Å². The molecule has 2 aliphatic heterocycles. The number of nitrogens with zero attached hydrogens (tertiary/aromatic N) is 2. The van der Waals surface area contributed by atoms with Crippen LogP contribution in [-0.2, 0) is 32.5 Å². The van der Waals surface area contributed by atoms with Gasteiger partial charge in [0.2, 0.25) is 0 Å². The molecule has 0 saturated heterocycles. The highest BCUT2D eigenvalue weighted by Gasteiger charge is 2.48. The lowest BCUT2D eigenvalue weighted by Crippen LogP contribution is -2.62. The minimum absolute atomic E-state index is 0.0227. The Kier molecular flexibility index (Phi) is 13.4. The van der Waals surface area contributed by atoms with Gasteiger partial charge in [0.15, 0.2) is 0 Å². The van der Waals surface area contributed by atoms with E-state index in [2.05, 4.69) is 331 Å². The van der Waals surface area contributed by atoms with Crippen molar-refractivity contribution in [3.63, 3.8) is 0 Å². The van der Waals surface area contributed by atoms with Gasteiger partial charge in [-0.3, -0.25) is 0 Å². The topological polar surface area (TPSA) is 6.48 Å². The fourth-order valence-corrected chi connectivity index (χ4v) is 14.3. The molecule has 0 atom stereocenters. The van der Waals surface area contributed by atoms with Gasteiger partial charge in [0.1, 0.15) is 0 Å². The SMILES string of the molecule is CC(C)(C)c1ccc(N2c3cc4c(cc3B3c5cc(C(C)(C)c6ccccc6)ccc5N(c5ccc(C(C)(C)c6ccccc6)cc5)c5cc(C(C)(C)C)cc2c53)C(C)(C)CCC4(C)C)c(-c2cc(-c3ccccc3)cc(-c3ccccc3)c2)c1. The first-order valence-corrected chi connectivity index (χ1v) is 31.1. The molecule has 0 unspecified atom stereocenters. The zero-order valence-electron chi connectivity index (χ0n) is 52.7. The van der Waals surface area contributed by atoms with Gasteiger partial charge in [0.05, 0.1) is 5.69 Å². The molecule has 13 rings (SSSR count). The van der Waals surface area contributed by atoms with Gasteiger partial charge in [-0.25, -0.2) is 0 Å². The van der Waals surface area contributed by atoms with Crippen LogP contribution in [0, 0.1) is 0 Å². The molecule has 424 valence electrons. The fraction of sp³-hybridized carbons (Fsp3) is 0.268. The first-order valence-electron chi connectivity index (χ1n) is 31.1. The Balaban J connectivity index is 1.15. The Morgan fingerprint density at radius 1 is 0.318 bits per heavy atom. The molecule has 0 radical (unpaired) electrons. The Hall–Kier alpha value is -8.14. The van der Waals surface area contributed by atoms with Gasteiger partial charge in [0, 0.05) is 44.8 Å². The van der Waals surface area contributed by atoms with E-state index >= 15 is 0 Å². The van der Waals surface area contributed by atoms with Crippen molar-refractivity contribution < 1.29 is 0 Å². The normalized spacial score (nSPS) is 15.2. The van der Waals surface area contributed by atoms with E-state index in [4.69, 9.17) is 0 Å². The monoisotopic (exact) mass is 1110 g/mol. The number of anilines is 6. The van der Waals surface area contributed by atoms with Gasteiger partial charge in [0.25, 0.3) is 6.71 Å². The van der Waals surface area contributed by atoms with Crippen LogP contribution in [0.5, 0.6) is 0 Å². The van der Waals surface area contributed by atoms with Crippen molar-refractivity contribution in [3.05, 3.63) is 269 Å². The number of hydrogen-bond acceptors (Lipinski definition) is 2. The van der Waals surface area contributed by atoms with E-state index in [9.17, 15) is 0 Å². The van der Waals surface area contributed by atoms with Crippen LogP contribution in [0.25, 0.3) is 33.4 Å². The summed E-state index contributed by atoms with van der Waals surface area (Å²) in [6, 6.07) is 86.3. The summed E-state index contributed by atoms with van der Waals surface area (Å²) >= 11 is 0. The molecular weight excluding hydrogens is 1020 g/mol. The number of hydrogen-bond donors (Lipinski definition) is 0. The van der Waals surface area contributed by atoms with E-state index in [1.54, 1.807) is 0 Å². The Bertz CT molecular complexity index is 4120. The summed E-state index contributed by atoms with van der Waals surface area (Å²) in [5, 5.41) is 0. The molecule has 2 nitrogen and oxygen atoms in total. The summed E-state index contributed by atoms with van der Waals surface area (Å²) in [7, 11) is 0. The molecule has 85 heavy (non-hydrogen) atoms. The quantitative estimate of drug-likeness (QED) is 0.133. The van der Waals surface area contributed by atoms with Crippen molar-refractivity contribution in [1.29, 1.82) is 0 Å². The van der Waals surface area contributed by atoms with Gasteiger partial charge in [-0.15, -0.1) is 0 Å². The lowest BCUT2D eigenvalue weighted by atomic mass is 9.32. The van der Waals surface area contributed by atoms with Crippen molar-refractivity contribution in [3.8, 4) is 33.4 Å². The highest BCUT2D eigenvalue weighted by Crippen LogP contribution is 2.53. The Morgan fingerprint density at radius 2 is 0.741 bits per heavy atom. The molecule has 0 spiro atoms. The number of fused-ring (bicyclic) bond motifs is 5. The first-order chi connectivity index (χ1) is 40.4. The molecule has 0 bridgehead atoms. The highest BCUT2D eigenvalue weighted by atomic mass is 15.2. The fourth-order valence-electron chi connectivity index (χ4n) is 14.3. The van der Waals surface area contributed by atoms with Crippen molar-refractivity contribution in [1.82, 2.24) is 0 Å². The van der Waals surface area contributed by atoms with Crippen LogP contribution < -0.4 is 26.2 Å². The zero-order chi connectivity index (χ0) is 59.6. The van der Waals surface area contributed by atoms with Gasteiger partial charge < -0.3 is 9.80 Å². The first kappa shape index (κ1) is 56.0. The number of benzene rings is 10. The third kappa shape index (κ3) is 9.67. The predicted octanol–water partition coefficient (Wildman–Crippen LogP) is 20.4. The molecule has 1 aliphatic carbocycles. The largest absolute Gasteiger partial charge is 0.311 e. The van der Waals surface area contributed by atoms with Crippen molar-refractivity contribution >= 4 is 57.2 Å². The second-order valence-electron chi connectivity index (χ2n) is 29.3. The molecular formula is C82H83BN2. The Morgan fingerprint density at radius 3 is 1.27 bits per heavy atom. The van der Waals surface area contributed by atoms with Crippen LogP contribution in [0.1, 0.15) is 154 Å². The second-order valence-corrected chi connectivity index (χ2v) is 29.3. The standard InChI is InChI=1S/C82H83BN2/c1-77(2,3)62-37-41-71(66(48-62)58-46-56(54-27-19-15-20-28-54)45-57(47-58)55-29-21-16-22-30-55)85-73-53-68-67(79(7,8)43-44-80(68,9)10)52-70(73)83-69-49-63(82(13,14)60-33-25-18-26-34-60)38-42-72(69)84(74-50-64(78(4,5)6)51-75(85)76(74)83)65-39-35-61(36-40-65)81(11,12)59-31-23-17-24-32-59/h15-42,45-53H,43-44H2,1-14H3. The van der Waals surface area contributed by atoms with E-state index in [0.29, 0.717) is 0 Å². The van der Waals surface area contributed by atoms with E-state index < -0.39 is 0 Å². The molecule has 0 fully saturated rings. The molecule has 0 saturated carbocycles. The van der Waals surface area contributed by atoms with Crippen LogP contribution in [-0.4, -0.2) is 6.71 Å². The lowest BCUT2D eigenvalue weighted by Gasteiger charge is -2.48. The van der Waals surface area contributed by atoms with Crippen LogP contribution >= 0.6 is 0 Å². The molecule has 0 N–H and O–H groups in total. The maximum atomic E-state index is 2.74. The Labute approximate surface area is 508 Å². The van der Waals surface area contributed by atoms with Gasteiger partial charge >= 0.3 is 0 Å². The van der Waals surface area contributed by atoms with Crippen LogP contribution in [0.2, 0.25) is 0 Å². The average Bonchev–Trinajstić information content (AvgIpc) is 2.10.